The molecule has 1 aromatic carbocycles. The molecule has 0 heterocycles. The van der Waals surface area contributed by atoms with E-state index in [1.54, 1.807) is 0 Å². The van der Waals surface area contributed by atoms with Crippen molar-refractivity contribution >= 4 is 12.6 Å². The van der Waals surface area contributed by atoms with Gasteiger partial charge in [-0.15, -0.1) is 0 Å². The van der Waals surface area contributed by atoms with Crippen LogP contribution in [0.15, 0.2) is 18.2 Å². The molecule has 1 unspecified atom stereocenters. The zero-order valence-electron chi connectivity index (χ0n) is 8.46. The van der Waals surface area contributed by atoms with Crippen molar-refractivity contribution in [3.63, 3.8) is 0 Å². The third-order valence-corrected chi connectivity index (χ3v) is 2.70. The fraction of sp³-hybridized carbons (Fsp3) is 0.455. The molecule has 0 saturated heterocycles. The molecule has 72 valence electrons. The predicted molar refractivity (Wildman–Crippen MR) is 61.6 cm³/mol. The number of aryl methyl sites for hydroxylation is 2. The van der Waals surface area contributed by atoms with Crippen molar-refractivity contribution in [3.8, 4) is 0 Å². The SMILES string of the molecule is CNC(CS)c1ccc(C)cc1C. The Morgan fingerprint density at radius 1 is 1.38 bits per heavy atom. The molecule has 1 atom stereocenters. The van der Waals surface area contributed by atoms with Crippen molar-refractivity contribution in [2.24, 2.45) is 0 Å². The van der Waals surface area contributed by atoms with E-state index in [1.165, 1.54) is 16.7 Å². The van der Waals surface area contributed by atoms with Gasteiger partial charge in [0.25, 0.3) is 0 Å². The summed E-state index contributed by atoms with van der Waals surface area (Å²) in [5.41, 5.74) is 4.01. The van der Waals surface area contributed by atoms with E-state index in [-0.39, 0.29) is 0 Å². The predicted octanol–water partition coefficient (Wildman–Crippen LogP) is 2.49. The van der Waals surface area contributed by atoms with E-state index in [0.29, 0.717) is 6.04 Å². The van der Waals surface area contributed by atoms with Gasteiger partial charge in [-0.25, -0.2) is 0 Å². The molecule has 0 fully saturated rings. The molecule has 0 aromatic heterocycles. The van der Waals surface area contributed by atoms with E-state index in [4.69, 9.17) is 0 Å². The van der Waals surface area contributed by atoms with Crippen LogP contribution >= 0.6 is 12.6 Å². The van der Waals surface area contributed by atoms with Crippen LogP contribution in [0.4, 0.5) is 0 Å². The van der Waals surface area contributed by atoms with Crippen molar-refractivity contribution < 1.29 is 0 Å². The Balaban J connectivity index is 2.99. The van der Waals surface area contributed by atoms with Crippen LogP contribution in [0.1, 0.15) is 22.7 Å². The molecule has 0 aliphatic rings. The average Bonchev–Trinajstić information content (AvgIpc) is 2.10. The van der Waals surface area contributed by atoms with Gasteiger partial charge in [-0.1, -0.05) is 23.8 Å². The maximum atomic E-state index is 4.32. The zero-order chi connectivity index (χ0) is 9.84. The van der Waals surface area contributed by atoms with E-state index in [1.807, 2.05) is 7.05 Å². The lowest BCUT2D eigenvalue weighted by Crippen LogP contribution is -2.18. The monoisotopic (exact) mass is 195 g/mol. The molecule has 1 aromatic rings. The quantitative estimate of drug-likeness (QED) is 0.706. The first kappa shape index (κ1) is 10.6. The lowest BCUT2D eigenvalue weighted by Gasteiger charge is -2.16. The van der Waals surface area contributed by atoms with E-state index in [2.05, 4.69) is 50.0 Å². The summed E-state index contributed by atoms with van der Waals surface area (Å²) >= 11 is 4.32. The van der Waals surface area contributed by atoms with Gasteiger partial charge in [0.05, 0.1) is 0 Å². The second kappa shape index (κ2) is 4.68. The molecule has 2 heteroatoms. The second-order valence-corrected chi connectivity index (χ2v) is 3.75. The normalized spacial score (nSPS) is 12.9. The summed E-state index contributed by atoms with van der Waals surface area (Å²) in [5, 5.41) is 3.25. The molecule has 0 saturated carbocycles. The fourth-order valence-corrected chi connectivity index (χ4v) is 1.94. The molecule has 13 heavy (non-hydrogen) atoms. The Morgan fingerprint density at radius 3 is 2.54 bits per heavy atom. The van der Waals surface area contributed by atoms with Crippen LogP contribution in [0.3, 0.4) is 0 Å². The smallest absolute Gasteiger partial charge is 0.0409 e. The first-order valence-corrected chi connectivity index (χ1v) is 5.17. The highest BCUT2D eigenvalue weighted by Gasteiger charge is 2.08. The Morgan fingerprint density at radius 2 is 2.08 bits per heavy atom. The van der Waals surface area contributed by atoms with Gasteiger partial charge in [0, 0.05) is 11.8 Å². The molecule has 0 amide bonds. The second-order valence-electron chi connectivity index (χ2n) is 3.38. The van der Waals surface area contributed by atoms with Crippen LogP contribution in [0.25, 0.3) is 0 Å². The van der Waals surface area contributed by atoms with Crippen molar-refractivity contribution in [2.75, 3.05) is 12.8 Å². The Labute approximate surface area is 86.0 Å². The molecule has 1 N–H and O–H groups in total. The first-order chi connectivity index (χ1) is 6.19. The van der Waals surface area contributed by atoms with E-state index in [9.17, 15) is 0 Å². The van der Waals surface area contributed by atoms with Crippen molar-refractivity contribution in [1.29, 1.82) is 0 Å². The number of thiol groups is 1. The minimum absolute atomic E-state index is 0.365. The minimum Gasteiger partial charge on any atom is -0.312 e. The van der Waals surface area contributed by atoms with Gasteiger partial charge in [-0.3, -0.25) is 0 Å². The maximum Gasteiger partial charge on any atom is 0.0409 e. The number of benzene rings is 1. The zero-order valence-corrected chi connectivity index (χ0v) is 9.36. The summed E-state index contributed by atoms with van der Waals surface area (Å²) in [6.45, 7) is 4.27. The summed E-state index contributed by atoms with van der Waals surface area (Å²) in [5.74, 6) is 0.834. The number of rotatable bonds is 3. The molecule has 0 aliphatic carbocycles. The van der Waals surface area contributed by atoms with Crippen molar-refractivity contribution in [3.05, 3.63) is 34.9 Å². The summed E-state index contributed by atoms with van der Waals surface area (Å²) in [7, 11) is 1.97. The van der Waals surface area contributed by atoms with Gasteiger partial charge >= 0.3 is 0 Å². The molecule has 1 rings (SSSR count). The number of hydrogen-bond donors (Lipinski definition) is 2. The van der Waals surface area contributed by atoms with Crippen molar-refractivity contribution in [2.45, 2.75) is 19.9 Å². The van der Waals surface area contributed by atoms with Crippen LogP contribution in [-0.2, 0) is 0 Å². The number of nitrogens with one attached hydrogen (secondary N) is 1. The molecular formula is C11H17NS. The van der Waals surface area contributed by atoms with E-state index >= 15 is 0 Å². The summed E-state index contributed by atoms with van der Waals surface area (Å²) in [6.07, 6.45) is 0. The third kappa shape index (κ3) is 2.48. The van der Waals surface area contributed by atoms with Gasteiger partial charge in [0.2, 0.25) is 0 Å². The fourth-order valence-electron chi connectivity index (χ4n) is 1.56. The van der Waals surface area contributed by atoms with E-state index in [0.717, 1.165) is 5.75 Å². The minimum atomic E-state index is 0.365. The lowest BCUT2D eigenvalue weighted by molar-refractivity contribution is 0.659. The average molecular weight is 195 g/mol. The molecule has 0 spiro atoms. The van der Waals surface area contributed by atoms with E-state index < -0.39 is 0 Å². The van der Waals surface area contributed by atoms with Crippen LogP contribution < -0.4 is 5.32 Å². The van der Waals surface area contributed by atoms with Crippen LogP contribution in [0.5, 0.6) is 0 Å². The molecule has 0 bridgehead atoms. The lowest BCUT2D eigenvalue weighted by atomic mass is 10.0. The molecule has 1 nitrogen and oxygen atoms in total. The highest BCUT2D eigenvalue weighted by molar-refractivity contribution is 7.80. The standard InChI is InChI=1S/C11H17NS/c1-8-4-5-10(9(2)6-8)11(7-13)12-3/h4-6,11-13H,7H2,1-3H3. The highest BCUT2D eigenvalue weighted by Crippen LogP contribution is 2.19. The molecule has 0 radical (unpaired) electrons. The molecule has 0 aliphatic heterocycles. The number of hydrogen-bond acceptors (Lipinski definition) is 2. The van der Waals surface area contributed by atoms with Gasteiger partial charge in [0.1, 0.15) is 0 Å². The summed E-state index contributed by atoms with van der Waals surface area (Å²) < 4.78 is 0. The highest BCUT2D eigenvalue weighted by atomic mass is 32.1. The Bertz CT molecular complexity index is 279. The van der Waals surface area contributed by atoms with Gasteiger partial charge < -0.3 is 5.32 Å². The van der Waals surface area contributed by atoms with Crippen LogP contribution in [0, 0.1) is 13.8 Å². The van der Waals surface area contributed by atoms with Gasteiger partial charge in [0.15, 0.2) is 0 Å². The first-order valence-electron chi connectivity index (χ1n) is 4.54. The van der Waals surface area contributed by atoms with Crippen LogP contribution in [-0.4, -0.2) is 12.8 Å². The largest absolute Gasteiger partial charge is 0.312 e. The Hall–Kier alpha value is -0.470. The topological polar surface area (TPSA) is 12.0 Å². The third-order valence-electron chi connectivity index (χ3n) is 2.33. The summed E-state index contributed by atoms with van der Waals surface area (Å²) in [4.78, 5) is 0. The van der Waals surface area contributed by atoms with Crippen LogP contribution in [0.2, 0.25) is 0 Å². The van der Waals surface area contributed by atoms with Crippen molar-refractivity contribution in [1.82, 2.24) is 5.32 Å². The summed E-state index contributed by atoms with van der Waals surface area (Å²) in [6, 6.07) is 6.91. The van der Waals surface area contributed by atoms with Gasteiger partial charge in [-0.2, -0.15) is 12.6 Å². The molecular weight excluding hydrogens is 178 g/mol. The van der Waals surface area contributed by atoms with Gasteiger partial charge in [-0.05, 0) is 32.0 Å². The maximum absolute atomic E-state index is 4.32. The Kier molecular flexibility index (Phi) is 3.82.